The highest BCUT2D eigenvalue weighted by Gasteiger charge is 2.35. The fourth-order valence-corrected chi connectivity index (χ4v) is 3.53. The van der Waals surface area contributed by atoms with E-state index < -0.39 is 5.60 Å². The third kappa shape index (κ3) is 3.71. The van der Waals surface area contributed by atoms with Crippen LogP contribution in [-0.4, -0.2) is 61.1 Å². The second-order valence-corrected chi connectivity index (χ2v) is 8.43. The van der Waals surface area contributed by atoms with Gasteiger partial charge in [-0.25, -0.2) is 19.0 Å². The van der Waals surface area contributed by atoms with Crippen LogP contribution in [0.5, 0.6) is 0 Å². The SMILES string of the molecule is C[C@@H]1CN(c2cc(=O)n(C)n3cc(CO)nc23)[C@@H](C)CN1C(=O)OC(C)(C)C. The van der Waals surface area contributed by atoms with Crippen molar-refractivity contribution in [3.8, 4) is 0 Å². The van der Waals surface area contributed by atoms with E-state index >= 15 is 0 Å². The Hall–Kier alpha value is -2.55. The number of amides is 1. The number of aliphatic hydroxyl groups excluding tert-OH is 1. The summed E-state index contributed by atoms with van der Waals surface area (Å²) in [6.07, 6.45) is 1.33. The number of aromatic nitrogens is 3. The number of imidazole rings is 1. The maximum absolute atomic E-state index is 12.6. The first-order valence-corrected chi connectivity index (χ1v) is 9.47. The molecule has 1 saturated heterocycles. The highest BCUT2D eigenvalue weighted by Crippen LogP contribution is 2.27. The van der Waals surface area contributed by atoms with E-state index in [9.17, 15) is 14.7 Å². The van der Waals surface area contributed by atoms with Crippen LogP contribution in [0.1, 0.15) is 40.3 Å². The van der Waals surface area contributed by atoms with Gasteiger partial charge < -0.3 is 19.6 Å². The zero-order valence-corrected chi connectivity index (χ0v) is 17.3. The van der Waals surface area contributed by atoms with Gasteiger partial charge in [0, 0.05) is 38.3 Å². The number of rotatable bonds is 2. The molecule has 0 spiro atoms. The topological polar surface area (TPSA) is 92.3 Å². The summed E-state index contributed by atoms with van der Waals surface area (Å²) in [4.78, 5) is 33.3. The molecule has 9 nitrogen and oxygen atoms in total. The summed E-state index contributed by atoms with van der Waals surface area (Å²) in [6, 6.07) is 1.44. The molecule has 9 heteroatoms. The van der Waals surface area contributed by atoms with Crippen LogP contribution in [0, 0.1) is 0 Å². The molecule has 0 aliphatic carbocycles. The molecule has 2 atom stereocenters. The first kappa shape index (κ1) is 20.2. The number of piperazine rings is 1. The van der Waals surface area contributed by atoms with E-state index in [1.165, 1.54) is 4.68 Å². The zero-order valence-electron chi connectivity index (χ0n) is 17.3. The molecule has 1 N–H and O–H groups in total. The molecule has 28 heavy (non-hydrogen) atoms. The summed E-state index contributed by atoms with van der Waals surface area (Å²) < 4.78 is 8.64. The molecule has 3 rings (SSSR count). The van der Waals surface area contributed by atoms with Gasteiger partial charge >= 0.3 is 6.09 Å². The van der Waals surface area contributed by atoms with Crippen LogP contribution in [0.25, 0.3) is 5.65 Å². The summed E-state index contributed by atoms with van der Waals surface area (Å²) in [5.41, 5.74) is 1.09. The van der Waals surface area contributed by atoms with Crippen molar-refractivity contribution in [1.82, 2.24) is 19.1 Å². The molecule has 1 amide bonds. The van der Waals surface area contributed by atoms with Crippen LogP contribution in [0.15, 0.2) is 17.1 Å². The van der Waals surface area contributed by atoms with Gasteiger partial charge in [-0.3, -0.25) is 4.79 Å². The van der Waals surface area contributed by atoms with Crippen molar-refractivity contribution in [3.05, 3.63) is 28.3 Å². The van der Waals surface area contributed by atoms with E-state index in [4.69, 9.17) is 4.74 Å². The van der Waals surface area contributed by atoms with Crippen molar-refractivity contribution in [2.75, 3.05) is 18.0 Å². The molecule has 0 saturated carbocycles. The monoisotopic (exact) mass is 391 g/mol. The molecular weight excluding hydrogens is 362 g/mol. The number of aryl methyl sites for hydroxylation is 1. The minimum Gasteiger partial charge on any atom is -0.444 e. The molecule has 0 radical (unpaired) electrons. The Morgan fingerprint density at radius 2 is 1.96 bits per heavy atom. The Bertz CT molecular complexity index is 942. The Kier molecular flexibility index (Phi) is 5.14. The van der Waals surface area contributed by atoms with Crippen molar-refractivity contribution < 1.29 is 14.6 Å². The van der Waals surface area contributed by atoms with E-state index in [1.54, 1.807) is 28.7 Å². The molecule has 1 fully saturated rings. The lowest BCUT2D eigenvalue weighted by atomic mass is 10.1. The van der Waals surface area contributed by atoms with Crippen molar-refractivity contribution >= 4 is 17.4 Å². The van der Waals surface area contributed by atoms with E-state index in [2.05, 4.69) is 9.88 Å². The molecular formula is C19H29N5O4. The number of carbonyl (C=O) groups is 1. The number of fused-ring (bicyclic) bond motifs is 1. The molecule has 2 aromatic heterocycles. The van der Waals surface area contributed by atoms with Crippen molar-refractivity contribution in [3.63, 3.8) is 0 Å². The molecule has 3 heterocycles. The highest BCUT2D eigenvalue weighted by atomic mass is 16.6. The fourth-order valence-electron chi connectivity index (χ4n) is 3.53. The molecule has 2 aromatic rings. The average molecular weight is 391 g/mol. The van der Waals surface area contributed by atoms with Gasteiger partial charge in [0.1, 0.15) is 5.60 Å². The van der Waals surface area contributed by atoms with E-state index in [1.807, 2.05) is 34.6 Å². The second-order valence-electron chi connectivity index (χ2n) is 8.43. The quantitative estimate of drug-likeness (QED) is 0.831. The Morgan fingerprint density at radius 1 is 1.29 bits per heavy atom. The summed E-state index contributed by atoms with van der Waals surface area (Å²) in [6.45, 7) is 10.3. The molecule has 0 aromatic carbocycles. The highest BCUT2D eigenvalue weighted by molar-refractivity contribution is 5.72. The Morgan fingerprint density at radius 3 is 2.57 bits per heavy atom. The normalized spacial score (nSPS) is 20.7. The molecule has 1 aliphatic heterocycles. The van der Waals surface area contributed by atoms with Crippen LogP contribution < -0.4 is 10.5 Å². The van der Waals surface area contributed by atoms with Gasteiger partial charge in [0.2, 0.25) is 0 Å². The van der Waals surface area contributed by atoms with Crippen LogP contribution in [0.4, 0.5) is 10.5 Å². The maximum atomic E-state index is 12.6. The molecule has 0 bridgehead atoms. The van der Waals surface area contributed by atoms with Gasteiger partial charge in [0.05, 0.1) is 24.2 Å². The summed E-state index contributed by atoms with van der Waals surface area (Å²) >= 11 is 0. The lowest BCUT2D eigenvalue weighted by Gasteiger charge is -2.45. The fraction of sp³-hybridized carbons (Fsp3) is 0.632. The summed E-state index contributed by atoms with van der Waals surface area (Å²) in [5.74, 6) is 0. The Labute approximate surface area is 164 Å². The van der Waals surface area contributed by atoms with E-state index in [-0.39, 0.29) is 30.3 Å². The van der Waals surface area contributed by atoms with Crippen LogP contribution in [-0.2, 0) is 18.4 Å². The van der Waals surface area contributed by atoms with Crippen LogP contribution >= 0.6 is 0 Å². The van der Waals surface area contributed by atoms with Gasteiger partial charge in [-0.1, -0.05) is 0 Å². The molecule has 1 aliphatic rings. The molecule has 0 unspecified atom stereocenters. The van der Waals surface area contributed by atoms with Gasteiger partial charge in [-0.2, -0.15) is 0 Å². The largest absolute Gasteiger partial charge is 0.444 e. The number of hydrogen-bond acceptors (Lipinski definition) is 6. The van der Waals surface area contributed by atoms with Crippen molar-refractivity contribution in [1.29, 1.82) is 0 Å². The standard InChI is InChI=1S/C19H29N5O4/c1-12-9-23(18(27)28-19(3,4)5)13(2)8-22(12)15-7-16(26)21(6)24-10-14(11-25)20-17(15)24/h7,10,12-13,25H,8-9,11H2,1-6H3/t12-,13+/m0/s1. The molecule has 154 valence electrons. The first-order valence-electron chi connectivity index (χ1n) is 9.47. The van der Waals surface area contributed by atoms with Gasteiger partial charge in [-0.15, -0.1) is 0 Å². The number of hydrogen-bond donors (Lipinski definition) is 1. The first-order chi connectivity index (χ1) is 13.0. The lowest BCUT2D eigenvalue weighted by molar-refractivity contribution is 0.0130. The minimum atomic E-state index is -0.550. The summed E-state index contributed by atoms with van der Waals surface area (Å²) in [7, 11) is 1.66. The van der Waals surface area contributed by atoms with Gasteiger partial charge in [0.25, 0.3) is 5.56 Å². The van der Waals surface area contributed by atoms with Crippen molar-refractivity contribution in [2.45, 2.75) is 58.9 Å². The van der Waals surface area contributed by atoms with Gasteiger partial charge in [0.15, 0.2) is 5.65 Å². The predicted molar refractivity (Wildman–Crippen MR) is 106 cm³/mol. The second kappa shape index (κ2) is 7.12. The minimum absolute atomic E-state index is 0.0334. The lowest BCUT2D eigenvalue weighted by Crippen LogP contribution is -2.59. The maximum Gasteiger partial charge on any atom is 0.410 e. The van der Waals surface area contributed by atoms with E-state index in [0.717, 1.165) is 0 Å². The third-order valence-electron chi connectivity index (χ3n) is 4.95. The number of nitrogens with zero attached hydrogens (tertiary/aromatic N) is 5. The summed E-state index contributed by atoms with van der Waals surface area (Å²) in [5, 5.41) is 9.45. The number of ether oxygens (including phenoxy) is 1. The van der Waals surface area contributed by atoms with Crippen molar-refractivity contribution in [2.24, 2.45) is 7.05 Å². The Balaban J connectivity index is 1.94. The number of carbonyl (C=O) groups excluding carboxylic acids is 1. The predicted octanol–water partition coefficient (Wildman–Crippen LogP) is 1.36. The third-order valence-corrected chi connectivity index (χ3v) is 4.95. The van der Waals surface area contributed by atoms with Crippen LogP contribution in [0.2, 0.25) is 0 Å². The van der Waals surface area contributed by atoms with Crippen LogP contribution in [0.3, 0.4) is 0 Å². The average Bonchev–Trinajstić information content (AvgIpc) is 3.03. The van der Waals surface area contributed by atoms with Gasteiger partial charge in [-0.05, 0) is 34.6 Å². The smallest absolute Gasteiger partial charge is 0.410 e. The zero-order chi connectivity index (χ0) is 20.8. The number of aliphatic hydroxyl groups is 1. The number of anilines is 1. The van der Waals surface area contributed by atoms with E-state index in [0.29, 0.717) is 30.1 Å².